The number of benzene rings is 1. The summed E-state index contributed by atoms with van der Waals surface area (Å²) in [5, 5.41) is 9.91. The number of fused-ring (bicyclic) bond motifs is 1. The van der Waals surface area contributed by atoms with Crippen LogP contribution in [0.2, 0.25) is 0 Å². The van der Waals surface area contributed by atoms with E-state index in [0.717, 1.165) is 11.8 Å². The molecule has 2 aliphatic rings. The first-order valence-electron chi connectivity index (χ1n) is 5.98. The molecule has 1 saturated heterocycles. The van der Waals surface area contributed by atoms with Gasteiger partial charge in [-0.05, 0) is 11.6 Å². The Labute approximate surface area is 105 Å². The maximum atomic E-state index is 10.8. The van der Waals surface area contributed by atoms with Crippen molar-refractivity contribution in [1.29, 1.82) is 0 Å². The molecule has 94 valence electrons. The van der Waals surface area contributed by atoms with Crippen molar-refractivity contribution in [3.05, 3.63) is 47.5 Å². The molecule has 18 heavy (non-hydrogen) atoms. The van der Waals surface area contributed by atoms with Crippen LogP contribution in [0.3, 0.4) is 0 Å². The van der Waals surface area contributed by atoms with Gasteiger partial charge < -0.3 is 14.6 Å². The summed E-state index contributed by atoms with van der Waals surface area (Å²) in [5.74, 6) is 0. The molecule has 0 saturated carbocycles. The van der Waals surface area contributed by atoms with Crippen molar-refractivity contribution in [2.24, 2.45) is 0 Å². The Morgan fingerprint density at radius 1 is 1.22 bits per heavy atom. The van der Waals surface area contributed by atoms with Crippen LogP contribution >= 0.6 is 0 Å². The molecule has 1 fully saturated rings. The normalized spacial score (nSPS) is 34.8. The van der Waals surface area contributed by atoms with Crippen LogP contribution in [-0.4, -0.2) is 29.7 Å². The Bertz CT molecular complexity index is 468. The van der Waals surface area contributed by atoms with Crippen molar-refractivity contribution in [3.8, 4) is 0 Å². The van der Waals surface area contributed by atoms with E-state index < -0.39 is 12.4 Å². The van der Waals surface area contributed by atoms with Gasteiger partial charge in [-0.25, -0.2) is 0 Å². The molecule has 1 aliphatic carbocycles. The molecule has 0 aromatic heterocycles. The molecule has 4 heteroatoms. The van der Waals surface area contributed by atoms with Gasteiger partial charge in [-0.1, -0.05) is 30.3 Å². The highest BCUT2D eigenvalue weighted by atomic mass is 16.7. The Balaban J connectivity index is 1.79. The van der Waals surface area contributed by atoms with Gasteiger partial charge in [-0.3, -0.25) is 4.79 Å². The van der Waals surface area contributed by atoms with Crippen LogP contribution in [0.15, 0.2) is 42.0 Å². The molecular weight excluding hydrogens is 232 g/mol. The highest BCUT2D eigenvalue weighted by molar-refractivity contribution is 5.74. The molecule has 0 spiro atoms. The maximum absolute atomic E-state index is 10.8. The first kappa shape index (κ1) is 11.6. The number of carbonyl (C=O) groups excluding carboxylic acids is 1. The minimum absolute atomic E-state index is 0.254. The van der Waals surface area contributed by atoms with Crippen molar-refractivity contribution in [3.63, 3.8) is 0 Å². The first-order chi connectivity index (χ1) is 8.78. The lowest BCUT2D eigenvalue weighted by Gasteiger charge is -2.24. The molecule has 4 nitrogen and oxygen atoms in total. The number of hydrogen-bond acceptors (Lipinski definition) is 4. The lowest BCUT2D eigenvalue weighted by molar-refractivity contribution is -0.105. The number of carbonyl (C=O) groups is 1. The zero-order valence-corrected chi connectivity index (χ0v) is 9.73. The van der Waals surface area contributed by atoms with Gasteiger partial charge in [0.15, 0.2) is 6.29 Å². The van der Waals surface area contributed by atoms with Crippen LogP contribution in [0.4, 0.5) is 0 Å². The van der Waals surface area contributed by atoms with Crippen molar-refractivity contribution >= 4 is 6.29 Å². The Kier molecular flexibility index (Phi) is 2.99. The summed E-state index contributed by atoms with van der Waals surface area (Å²) in [6, 6.07) is 9.59. The lowest BCUT2D eigenvalue weighted by atomic mass is 9.93. The van der Waals surface area contributed by atoms with Gasteiger partial charge in [0, 0.05) is 12.0 Å². The smallest absolute Gasteiger partial charge is 0.184 e. The number of ether oxygens (including phenoxy) is 2. The van der Waals surface area contributed by atoms with Gasteiger partial charge in [-0.2, -0.15) is 0 Å². The average Bonchev–Trinajstić information content (AvgIpc) is 2.84. The van der Waals surface area contributed by atoms with Crippen molar-refractivity contribution in [1.82, 2.24) is 0 Å². The second kappa shape index (κ2) is 4.65. The summed E-state index contributed by atoms with van der Waals surface area (Å²) in [7, 11) is 0. The van der Waals surface area contributed by atoms with Crippen LogP contribution in [0.25, 0.3) is 0 Å². The van der Waals surface area contributed by atoms with E-state index in [1.54, 1.807) is 6.08 Å². The topological polar surface area (TPSA) is 55.8 Å². The van der Waals surface area contributed by atoms with Gasteiger partial charge in [0.05, 0.1) is 6.10 Å². The summed E-state index contributed by atoms with van der Waals surface area (Å²) in [6.45, 7) is 0. The fourth-order valence-corrected chi connectivity index (χ4v) is 2.43. The molecule has 1 aromatic carbocycles. The molecule has 0 radical (unpaired) electrons. The number of aldehydes is 1. The van der Waals surface area contributed by atoms with Gasteiger partial charge in [0.2, 0.25) is 0 Å². The third kappa shape index (κ3) is 1.99. The highest BCUT2D eigenvalue weighted by Gasteiger charge is 2.43. The summed E-state index contributed by atoms with van der Waals surface area (Å²) in [4.78, 5) is 10.8. The van der Waals surface area contributed by atoms with Crippen LogP contribution in [0.1, 0.15) is 18.3 Å². The molecule has 1 aliphatic heterocycles. The van der Waals surface area contributed by atoms with E-state index >= 15 is 0 Å². The van der Waals surface area contributed by atoms with Crippen LogP contribution in [-0.2, 0) is 14.3 Å². The molecule has 3 rings (SSSR count). The van der Waals surface area contributed by atoms with Crippen LogP contribution in [0.5, 0.6) is 0 Å². The number of rotatable bonds is 2. The molecule has 1 N–H and O–H groups in total. The second-order valence-electron chi connectivity index (χ2n) is 4.57. The van der Waals surface area contributed by atoms with Gasteiger partial charge in [0.1, 0.15) is 18.5 Å². The number of aliphatic hydroxyl groups is 1. The third-order valence-electron chi connectivity index (χ3n) is 3.33. The maximum Gasteiger partial charge on any atom is 0.184 e. The minimum Gasteiger partial charge on any atom is -0.386 e. The predicted octanol–water partition coefficient (Wildman–Crippen LogP) is 1.36. The Hall–Kier alpha value is -1.49. The van der Waals surface area contributed by atoms with Gasteiger partial charge >= 0.3 is 0 Å². The average molecular weight is 246 g/mol. The predicted molar refractivity (Wildman–Crippen MR) is 63.7 cm³/mol. The second-order valence-corrected chi connectivity index (χ2v) is 4.57. The van der Waals surface area contributed by atoms with Crippen molar-refractivity contribution in [2.45, 2.75) is 31.0 Å². The minimum atomic E-state index is -0.780. The molecule has 1 unspecified atom stereocenters. The fourth-order valence-electron chi connectivity index (χ4n) is 2.43. The highest BCUT2D eigenvalue weighted by Crippen LogP contribution is 2.37. The summed E-state index contributed by atoms with van der Waals surface area (Å²) < 4.78 is 11.5. The number of aliphatic hydroxyl groups excluding tert-OH is 1. The van der Waals surface area contributed by atoms with Crippen LogP contribution in [0, 0.1) is 0 Å². The van der Waals surface area contributed by atoms with Crippen LogP contribution < -0.4 is 0 Å². The summed E-state index contributed by atoms with van der Waals surface area (Å²) in [6.07, 6.45) is 0.917. The molecule has 4 atom stereocenters. The van der Waals surface area contributed by atoms with E-state index in [9.17, 15) is 9.90 Å². The fraction of sp³-hybridized carbons (Fsp3) is 0.357. The van der Waals surface area contributed by atoms with Crippen molar-refractivity contribution < 1.29 is 19.4 Å². The summed E-state index contributed by atoms with van der Waals surface area (Å²) in [5.41, 5.74) is 1.49. The van der Waals surface area contributed by atoms with E-state index in [0.29, 0.717) is 12.0 Å². The summed E-state index contributed by atoms with van der Waals surface area (Å²) >= 11 is 0. The van der Waals surface area contributed by atoms with E-state index in [1.165, 1.54) is 0 Å². The zero-order chi connectivity index (χ0) is 12.5. The monoisotopic (exact) mass is 246 g/mol. The van der Waals surface area contributed by atoms with E-state index in [4.69, 9.17) is 9.47 Å². The van der Waals surface area contributed by atoms with Gasteiger partial charge in [0.25, 0.3) is 0 Å². The van der Waals surface area contributed by atoms with E-state index in [1.807, 2.05) is 30.3 Å². The quantitative estimate of drug-likeness (QED) is 0.800. The SMILES string of the molecule is O=CC1=C[C@H](O)[C@H]2OC(c3ccccc3)O[C@H]2C1. The standard InChI is InChI=1S/C14H14O4/c15-8-9-6-11(16)13-12(7-9)17-14(18-13)10-4-2-1-3-5-10/h1-6,8,11-14,16H,7H2/t11-,12-,13+,14?/m0/s1. The third-order valence-corrected chi connectivity index (χ3v) is 3.33. The zero-order valence-electron chi connectivity index (χ0n) is 9.73. The van der Waals surface area contributed by atoms with E-state index in [-0.39, 0.29) is 12.2 Å². The molecule has 1 aromatic rings. The number of hydrogen-bond donors (Lipinski definition) is 1. The largest absolute Gasteiger partial charge is 0.386 e. The Morgan fingerprint density at radius 2 is 2.00 bits per heavy atom. The molecule has 0 amide bonds. The first-order valence-corrected chi connectivity index (χ1v) is 5.98. The van der Waals surface area contributed by atoms with E-state index in [2.05, 4.69) is 0 Å². The molecular formula is C14H14O4. The van der Waals surface area contributed by atoms with Crippen molar-refractivity contribution in [2.75, 3.05) is 0 Å². The van der Waals surface area contributed by atoms with Gasteiger partial charge in [-0.15, -0.1) is 0 Å². The lowest BCUT2D eigenvalue weighted by Crippen LogP contribution is -2.37. The Morgan fingerprint density at radius 3 is 2.72 bits per heavy atom. The molecule has 0 bridgehead atoms. The molecule has 1 heterocycles.